The molecule has 0 aliphatic heterocycles. The molecule has 0 spiro atoms. The highest BCUT2D eigenvalue weighted by atomic mass is 32.1. The molecule has 0 saturated heterocycles. The van der Waals surface area contributed by atoms with E-state index < -0.39 is 5.97 Å². The summed E-state index contributed by atoms with van der Waals surface area (Å²) in [5.41, 5.74) is 1.35. The van der Waals surface area contributed by atoms with Crippen molar-refractivity contribution < 1.29 is 9.90 Å². The van der Waals surface area contributed by atoms with Crippen LogP contribution >= 0.6 is 11.3 Å². The van der Waals surface area contributed by atoms with Crippen molar-refractivity contribution >= 4 is 17.3 Å². The molecule has 15 heavy (non-hydrogen) atoms. The van der Waals surface area contributed by atoms with E-state index in [4.69, 9.17) is 5.11 Å². The van der Waals surface area contributed by atoms with Gasteiger partial charge in [0, 0.05) is 11.6 Å². The molecule has 0 aliphatic rings. The van der Waals surface area contributed by atoms with Crippen molar-refractivity contribution in [3.8, 4) is 10.7 Å². The number of carbonyl (C=O) groups is 1. The Morgan fingerprint density at radius 2 is 2.33 bits per heavy atom. The lowest BCUT2D eigenvalue weighted by atomic mass is 10.3. The maximum atomic E-state index is 10.5. The Hall–Kier alpha value is -1.75. The predicted molar refractivity (Wildman–Crippen MR) is 56.7 cm³/mol. The van der Waals surface area contributed by atoms with E-state index in [9.17, 15) is 4.79 Å². The molecular formula is C10H8N2O2S. The molecule has 5 heteroatoms. The van der Waals surface area contributed by atoms with Crippen LogP contribution in [0, 0.1) is 0 Å². The van der Waals surface area contributed by atoms with Crippen molar-refractivity contribution in [1.82, 2.24) is 9.97 Å². The Bertz CT molecular complexity index is 467. The molecule has 2 aromatic rings. The second kappa shape index (κ2) is 4.18. The van der Waals surface area contributed by atoms with Gasteiger partial charge in [-0.1, -0.05) is 6.07 Å². The number of hydrogen-bond donors (Lipinski definition) is 1. The Morgan fingerprint density at radius 1 is 1.47 bits per heavy atom. The first-order chi connectivity index (χ1) is 7.25. The molecule has 1 N–H and O–H groups in total. The molecule has 0 aromatic carbocycles. The first-order valence-electron chi connectivity index (χ1n) is 4.33. The third-order valence-corrected chi connectivity index (χ3v) is 2.68. The minimum absolute atomic E-state index is 0.0384. The SMILES string of the molecule is O=C(O)Cc1csc(-c2ccccn2)n1. The average molecular weight is 220 g/mol. The normalized spacial score (nSPS) is 10.1. The molecule has 0 aliphatic carbocycles. The van der Waals surface area contributed by atoms with E-state index in [1.165, 1.54) is 11.3 Å². The van der Waals surface area contributed by atoms with Crippen molar-refractivity contribution in [3.05, 3.63) is 35.5 Å². The Labute approximate surface area is 90.3 Å². The number of thiazole rings is 1. The number of carboxylic acids is 1. The third kappa shape index (κ3) is 2.38. The van der Waals surface area contributed by atoms with Crippen LogP contribution in [0.5, 0.6) is 0 Å². The van der Waals surface area contributed by atoms with Crippen LogP contribution in [0.1, 0.15) is 5.69 Å². The highest BCUT2D eigenvalue weighted by molar-refractivity contribution is 7.13. The van der Waals surface area contributed by atoms with Crippen LogP contribution in [0.4, 0.5) is 0 Å². The second-order valence-corrected chi connectivity index (χ2v) is 3.79. The summed E-state index contributed by atoms with van der Waals surface area (Å²) in [6.45, 7) is 0. The zero-order chi connectivity index (χ0) is 10.7. The molecule has 0 radical (unpaired) electrons. The molecule has 0 saturated carbocycles. The predicted octanol–water partition coefficient (Wildman–Crippen LogP) is 1.83. The third-order valence-electron chi connectivity index (χ3n) is 1.77. The summed E-state index contributed by atoms with van der Waals surface area (Å²) in [5.74, 6) is -0.868. The molecule has 2 rings (SSSR count). The number of nitrogens with zero attached hydrogens (tertiary/aromatic N) is 2. The number of rotatable bonds is 3. The lowest BCUT2D eigenvalue weighted by molar-refractivity contribution is -0.136. The van der Waals surface area contributed by atoms with Crippen LogP contribution < -0.4 is 0 Å². The highest BCUT2D eigenvalue weighted by Gasteiger charge is 2.07. The van der Waals surface area contributed by atoms with Crippen LogP contribution in [0.3, 0.4) is 0 Å². The van der Waals surface area contributed by atoms with Gasteiger partial charge in [-0.15, -0.1) is 11.3 Å². The fraction of sp³-hybridized carbons (Fsp3) is 0.100. The van der Waals surface area contributed by atoms with Crippen molar-refractivity contribution in [2.45, 2.75) is 6.42 Å². The average Bonchev–Trinajstić information content (AvgIpc) is 2.67. The molecule has 76 valence electrons. The van der Waals surface area contributed by atoms with Gasteiger partial charge in [-0.25, -0.2) is 4.98 Å². The molecular weight excluding hydrogens is 212 g/mol. The highest BCUT2D eigenvalue weighted by Crippen LogP contribution is 2.21. The lowest BCUT2D eigenvalue weighted by Gasteiger charge is -1.92. The van der Waals surface area contributed by atoms with Crippen LogP contribution in [0.15, 0.2) is 29.8 Å². The Kier molecular flexibility index (Phi) is 2.73. The van der Waals surface area contributed by atoms with Crippen molar-refractivity contribution in [2.24, 2.45) is 0 Å². The zero-order valence-corrected chi connectivity index (χ0v) is 8.57. The second-order valence-electron chi connectivity index (χ2n) is 2.93. The van der Waals surface area contributed by atoms with Crippen LogP contribution in [-0.2, 0) is 11.2 Å². The summed E-state index contributed by atoms with van der Waals surface area (Å²) < 4.78 is 0. The van der Waals surface area contributed by atoms with Gasteiger partial charge in [-0.05, 0) is 12.1 Å². The fourth-order valence-electron chi connectivity index (χ4n) is 1.15. The maximum Gasteiger partial charge on any atom is 0.309 e. The summed E-state index contributed by atoms with van der Waals surface area (Å²) in [6, 6.07) is 5.55. The van der Waals surface area contributed by atoms with Gasteiger partial charge in [0.05, 0.1) is 17.8 Å². The molecule has 0 bridgehead atoms. The molecule has 2 heterocycles. The summed E-state index contributed by atoms with van der Waals surface area (Å²) in [6.07, 6.45) is 1.65. The summed E-state index contributed by atoms with van der Waals surface area (Å²) >= 11 is 1.41. The van der Waals surface area contributed by atoms with E-state index >= 15 is 0 Å². The van der Waals surface area contributed by atoms with Crippen LogP contribution in [0.2, 0.25) is 0 Å². The van der Waals surface area contributed by atoms with Gasteiger partial charge in [-0.3, -0.25) is 9.78 Å². The lowest BCUT2D eigenvalue weighted by Crippen LogP contribution is -1.99. The minimum atomic E-state index is -0.868. The van der Waals surface area contributed by atoms with E-state index in [-0.39, 0.29) is 6.42 Å². The quantitative estimate of drug-likeness (QED) is 0.857. The Morgan fingerprint density at radius 3 is 3.00 bits per heavy atom. The van der Waals surface area contributed by atoms with Crippen molar-refractivity contribution in [2.75, 3.05) is 0 Å². The van der Waals surface area contributed by atoms with E-state index in [2.05, 4.69) is 9.97 Å². The van der Waals surface area contributed by atoms with Gasteiger partial charge < -0.3 is 5.11 Å². The van der Waals surface area contributed by atoms with Gasteiger partial charge in [0.15, 0.2) is 0 Å². The number of aliphatic carboxylic acids is 1. The van der Waals surface area contributed by atoms with Gasteiger partial charge in [0.25, 0.3) is 0 Å². The topological polar surface area (TPSA) is 63.1 Å². The van der Waals surface area contributed by atoms with Crippen molar-refractivity contribution in [3.63, 3.8) is 0 Å². The molecule has 2 aromatic heterocycles. The smallest absolute Gasteiger partial charge is 0.309 e. The molecule has 4 nitrogen and oxygen atoms in total. The molecule has 0 fully saturated rings. The van der Waals surface area contributed by atoms with E-state index in [0.29, 0.717) is 5.69 Å². The number of carboxylic acid groups (broad SMARTS) is 1. The van der Waals surface area contributed by atoms with E-state index in [0.717, 1.165) is 10.7 Å². The number of pyridine rings is 1. The minimum Gasteiger partial charge on any atom is -0.481 e. The summed E-state index contributed by atoms with van der Waals surface area (Å²) in [7, 11) is 0. The monoisotopic (exact) mass is 220 g/mol. The van der Waals surface area contributed by atoms with Crippen LogP contribution in [0.25, 0.3) is 10.7 Å². The molecule has 0 atom stereocenters. The molecule has 0 amide bonds. The fourth-order valence-corrected chi connectivity index (χ4v) is 1.95. The Balaban J connectivity index is 2.24. The van der Waals surface area contributed by atoms with Gasteiger partial charge in [0.1, 0.15) is 5.01 Å². The standard InChI is InChI=1S/C10H8N2O2S/c13-9(14)5-7-6-15-10(12-7)8-3-1-2-4-11-8/h1-4,6H,5H2,(H,13,14). The maximum absolute atomic E-state index is 10.5. The number of aromatic nitrogens is 2. The molecule has 0 unspecified atom stereocenters. The largest absolute Gasteiger partial charge is 0.481 e. The summed E-state index contributed by atoms with van der Waals surface area (Å²) in [4.78, 5) is 18.8. The van der Waals surface area contributed by atoms with Crippen LogP contribution in [-0.4, -0.2) is 21.0 Å². The zero-order valence-electron chi connectivity index (χ0n) is 7.75. The van der Waals surface area contributed by atoms with Crippen molar-refractivity contribution in [1.29, 1.82) is 0 Å². The van der Waals surface area contributed by atoms with Gasteiger partial charge in [0.2, 0.25) is 0 Å². The summed E-state index contributed by atoms with van der Waals surface area (Å²) in [5, 5.41) is 11.1. The first kappa shape index (κ1) is 9.79. The van der Waals surface area contributed by atoms with Gasteiger partial charge in [-0.2, -0.15) is 0 Å². The van der Waals surface area contributed by atoms with E-state index in [1.54, 1.807) is 11.6 Å². The van der Waals surface area contributed by atoms with Gasteiger partial charge >= 0.3 is 5.97 Å². The van der Waals surface area contributed by atoms with E-state index in [1.807, 2.05) is 18.2 Å². The number of hydrogen-bond acceptors (Lipinski definition) is 4. The first-order valence-corrected chi connectivity index (χ1v) is 5.21.